The second-order valence-corrected chi connectivity index (χ2v) is 15.1. The number of carbonyl (C=O) groups excluding carboxylic acids is 1. The third-order valence-corrected chi connectivity index (χ3v) is 12.8. The Morgan fingerprint density at radius 3 is 2.27 bits per heavy atom. The van der Waals surface area contributed by atoms with E-state index < -0.39 is 14.4 Å². The largest absolute Gasteiger partial charge is 0.444 e. The fraction of sp³-hybridized carbons (Fsp3) is 0.593. The van der Waals surface area contributed by atoms with E-state index in [0.29, 0.717) is 35.2 Å². The molecule has 2 atom stereocenters. The Morgan fingerprint density at radius 2 is 1.73 bits per heavy atom. The Hall–Kier alpha value is -2.07. The van der Waals surface area contributed by atoms with Crippen LogP contribution in [0.25, 0.3) is 0 Å². The van der Waals surface area contributed by atoms with Crippen molar-refractivity contribution in [3.8, 4) is 11.8 Å². The maximum Gasteiger partial charge on any atom is 0.415 e. The molecule has 0 unspecified atom stereocenters. The summed E-state index contributed by atoms with van der Waals surface area (Å²) in [4.78, 5) is 14.9. The predicted octanol–water partition coefficient (Wildman–Crippen LogP) is 6.25. The van der Waals surface area contributed by atoms with Gasteiger partial charge in [0.25, 0.3) is 0 Å². The van der Waals surface area contributed by atoms with E-state index in [1.54, 1.807) is 4.90 Å². The number of rotatable bonds is 8. The maximum atomic E-state index is 13.2. The quantitative estimate of drug-likeness (QED) is 0.360. The van der Waals surface area contributed by atoms with Crippen LogP contribution in [0.3, 0.4) is 0 Å². The standard InChI is InChI=1S/C27H41NO4Si/c1-20(2)33(21(3)4,22(5)6)32-26-17-16-25(15-11-12-18-29)28(23(26)7)27(30)31-19-24-13-9-8-10-14-24/h8-10,13-14,16,20-23,26,29H,12,17-19H2,1-7H3/t23-,26+/m0/s1. The second-order valence-electron chi connectivity index (χ2n) is 9.73. The molecular weight excluding hydrogens is 430 g/mol. The van der Waals surface area contributed by atoms with Gasteiger partial charge in [0.05, 0.1) is 24.4 Å². The average Bonchev–Trinajstić information content (AvgIpc) is 2.77. The van der Waals surface area contributed by atoms with Crippen molar-refractivity contribution in [2.75, 3.05) is 6.61 Å². The van der Waals surface area contributed by atoms with Gasteiger partial charge in [-0.1, -0.05) is 77.8 Å². The number of ether oxygens (including phenoxy) is 1. The van der Waals surface area contributed by atoms with Crippen LogP contribution in [-0.4, -0.2) is 43.2 Å². The van der Waals surface area contributed by atoms with Gasteiger partial charge in [0.2, 0.25) is 8.32 Å². The van der Waals surface area contributed by atoms with Crippen LogP contribution in [0.15, 0.2) is 42.1 Å². The highest BCUT2D eigenvalue weighted by Crippen LogP contribution is 2.44. The molecule has 2 rings (SSSR count). The summed E-state index contributed by atoms with van der Waals surface area (Å²) < 4.78 is 12.7. The maximum absolute atomic E-state index is 13.2. The van der Waals surface area contributed by atoms with Crippen molar-refractivity contribution in [3.05, 3.63) is 47.7 Å². The summed E-state index contributed by atoms with van der Waals surface area (Å²) in [5, 5.41) is 9.12. The Balaban J connectivity index is 2.32. The summed E-state index contributed by atoms with van der Waals surface area (Å²) >= 11 is 0. The highest BCUT2D eigenvalue weighted by molar-refractivity contribution is 6.77. The molecule has 6 heteroatoms. The first-order valence-corrected chi connectivity index (χ1v) is 14.3. The molecule has 0 saturated heterocycles. The Kier molecular flexibility index (Phi) is 10.2. The molecule has 0 aromatic heterocycles. The lowest BCUT2D eigenvalue weighted by Gasteiger charge is -2.48. The van der Waals surface area contributed by atoms with Gasteiger partial charge in [-0.3, -0.25) is 4.90 Å². The van der Waals surface area contributed by atoms with Crippen molar-refractivity contribution in [1.29, 1.82) is 0 Å². The van der Waals surface area contributed by atoms with E-state index in [0.717, 1.165) is 5.56 Å². The molecule has 0 bridgehead atoms. The molecule has 1 aliphatic heterocycles. The minimum atomic E-state index is -2.12. The monoisotopic (exact) mass is 471 g/mol. The van der Waals surface area contributed by atoms with Gasteiger partial charge in [-0.15, -0.1) is 0 Å². The van der Waals surface area contributed by atoms with Crippen LogP contribution in [0, 0.1) is 11.8 Å². The van der Waals surface area contributed by atoms with Gasteiger partial charge in [0.1, 0.15) is 6.61 Å². The lowest BCUT2D eigenvalue weighted by Crippen LogP contribution is -2.56. The summed E-state index contributed by atoms with van der Waals surface area (Å²) in [5.41, 5.74) is 2.93. The first kappa shape index (κ1) is 27.2. The minimum absolute atomic E-state index is 0.00862. The number of hydrogen-bond donors (Lipinski definition) is 1. The molecule has 0 aliphatic carbocycles. The van der Waals surface area contributed by atoms with Crippen LogP contribution >= 0.6 is 0 Å². The van der Waals surface area contributed by atoms with E-state index in [1.807, 2.05) is 43.3 Å². The van der Waals surface area contributed by atoms with E-state index >= 15 is 0 Å². The zero-order valence-corrected chi connectivity index (χ0v) is 22.3. The van der Waals surface area contributed by atoms with Crippen LogP contribution in [0.1, 0.15) is 66.9 Å². The van der Waals surface area contributed by atoms with E-state index in [9.17, 15) is 4.79 Å². The first-order chi connectivity index (χ1) is 15.6. The van der Waals surface area contributed by atoms with Gasteiger partial charge in [0.15, 0.2) is 0 Å². The highest BCUT2D eigenvalue weighted by atomic mass is 28.4. The number of amides is 1. The molecule has 0 fully saturated rings. The van der Waals surface area contributed by atoms with Gasteiger partial charge >= 0.3 is 6.09 Å². The fourth-order valence-electron chi connectivity index (χ4n) is 5.10. The van der Waals surface area contributed by atoms with Crippen molar-refractivity contribution < 1.29 is 19.1 Å². The van der Waals surface area contributed by atoms with Gasteiger partial charge in [0, 0.05) is 6.42 Å². The Labute approximate surface area is 201 Å². The molecule has 0 spiro atoms. The van der Waals surface area contributed by atoms with Crippen molar-refractivity contribution in [2.45, 2.75) is 96.7 Å². The Morgan fingerprint density at radius 1 is 1.12 bits per heavy atom. The zero-order chi connectivity index (χ0) is 24.6. The van der Waals surface area contributed by atoms with Gasteiger partial charge in [-0.05, 0) is 47.5 Å². The molecule has 1 aromatic carbocycles. The number of nitrogens with zero attached hydrogens (tertiary/aromatic N) is 1. The molecule has 182 valence electrons. The van der Waals surface area contributed by atoms with Crippen LogP contribution < -0.4 is 0 Å². The molecular formula is C27H41NO4Si. The van der Waals surface area contributed by atoms with E-state index in [4.69, 9.17) is 14.3 Å². The van der Waals surface area contributed by atoms with Gasteiger partial charge in [-0.25, -0.2) is 4.79 Å². The van der Waals surface area contributed by atoms with E-state index in [-0.39, 0.29) is 25.4 Å². The average molecular weight is 472 g/mol. The van der Waals surface area contributed by atoms with Crippen molar-refractivity contribution >= 4 is 14.4 Å². The molecule has 1 aromatic rings. The summed E-state index contributed by atoms with van der Waals surface area (Å²) in [7, 11) is -2.12. The second kappa shape index (κ2) is 12.4. The SMILES string of the molecule is CC(C)[Si](O[C@@H]1CC=C(C#CCCO)N(C(=O)OCc2ccccc2)[C@H]1C)(C(C)C)C(C)C. The summed E-state index contributed by atoms with van der Waals surface area (Å²) in [5.74, 6) is 6.02. The number of benzene rings is 1. The van der Waals surface area contributed by atoms with Crippen molar-refractivity contribution in [2.24, 2.45) is 0 Å². The number of aliphatic hydroxyl groups excluding tert-OH is 1. The highest BCUT2D eigenvalue weighted by Gasteiger charge is 2.48. The van der Waals surface area contributed by atoms with Crippen LogP contribution in [0.4, 0.5) is 4.79 Å². The molecule has 33 heavy (non-hydrogen) atoms. The van der Waals surface area contributed by atoms with Crippen LogP contribution in [0.5, 0.6) is 0 Å². The van der Waals surface area contributed by atoms with E-state index in [2.05, 4.69) is 53.4 Å². The van der Waals surface area contributed by atoms with Gasteiger partial charge < -0.3 is 14.3 Å². The van der Waals surface area contributed by atoms with Gasteiger partial charge in [-0.2, -0.15) is 0 Å². The Bertz CT molecular complexity index is 832. The molecule has 0 radical (unpaired) electrons. The van der Waals surface area contributed by atoms with Crippen molar-refractivity contribution in [1.82, 2.24) is 4.90 Å². The number of carbonyl (C=O) groups is 1. The first-order valence-electron chi connectivity index (χ1n) is 12.1. The number of hydrogen-bond acceptors (Lipinski definition) is 4. The van der Waals surface area contributed by atoms with Crippen LogP contribution in [0.2, 0.25) is 16.6 Å². The fourth-order valence-corrected chi connectivity index (χ4v) is 10.7. The summed E-state index contributed by atoms with van der Waals surface area (Å²) in [6, 6.07) is 9.45. The smallest absolute Gasteiger partial charge is 0.415 e. The number of aliphatic hydroxyl groups is 1. The molecule has 1 amide bonds. The molecule has 1 N–H and O–H groups in total. The lowest BCUT2D eigenvalue weighted by molar-refractivity contribution is 0.0502. The van der Waals surface area contributed by atoms with Crippen molar-refractivity contribution in [3.63, 3.8) is 0 Å². The third-order valence-electron chi connectivity index (χ3n) is 6.67. The lowest BCUT2D eigenvalue weighted by atomic mass is 10.0. The van der Waals surface area contributed by atoms with E-state index in [1.165, 1.54) is 0 Å². The topological polar surface area (TPSA) is 59.0 Å². The molecule has 5 nitrogen and oxygen atoms in total. The zero-order valence-electron chi connectivity index (χ0n) is 21.3. The van der Waals surface area contributed by atoms with Crippen LogP contribution in [-0.2, 0) is 15.8 Å². The minimum Gasteiger partial charge on any atom is -0.444 e. The molecule has 1 heterocycles. The number of allylic oxidation sites excluding steroid dienone is 1. The summed E-state index contributed by atoms with van der Waals surface area (Å²) in [6.45, 7) is 15.8. The summed E-state index contributed by atoms with van der Waals surface area (Å²) in [6.07, 6.45) is 2.52. The third kappa shape index (κ3) is 6.50. The molecule has 0 saturated carbocycles. The predicted molar refractivity (Wildman–Crippen MR) is 136 cm³/mol. The molecule has 1 aliphatic rings. The normalized spacial score (nSPS) is 18.9.